The van der Waals surface area contributed by atoms with Crippen molar-refractivity contribution in [2.75, 3.05) is 25.6 Å². The molecule has 0 fully saturated rings. The van der Waals surface area contributed by atoms with E-state index in [1.54, 1.807) is 0 Å². The first-order valence-corrected chi connectivity index (χ1v) is 10.0. The highest BCUT2D eigenvalue weighted by Gasteiger charge is 2.19. The first-order valence-electron chi connectivity index (χ1n) is 7.88. The van der Waals surface area contributed by atoms with Crippen LogP contribution in [0.25, 0.3) is 22.2 Å². The summed E-state index contributed by atoms with van der Waals surface area (Å²) in [7, 11) is 3.97. The second-order valence-corrected chi connectivity index (χ2v) is 5.76. The maximum Gasteiger partial charge on any atom is 0.166 e. The van der Waals surface area contributed by atoms with Gasteiger partial charge in [-0.05, 0) is 30.7 Å². The molecule has 0 saturated heterocycles. The largest absolute Gasteiger partial charge is 0.354 e. The molecule has 3 aromatic rings. The summed E-state index contributed by atoms with van der Waals surface area (Å²) in [6, 6.07) is 18.0. The maximum atomic E-state index is 12.8. The van der Waals surface area contributed by atoms with Crippen LogP contribution in [0.3, 0.4) is 0 Å². The van der Waals surface area contributed by atoms with Gasteiger partial charge in [0.15, 0.2) is 5.78 Å². The second kappa shape index (κ2) is 8.99. The molecular formula is C20H23IN2O. The van der Waals surface area contributed by atoms with E-state index in [4.69, 9.17) is 0 Å². The Balaban J connectivity index is 0.00000100. The molecule has 1 heterocycles. The summed E-state index contributed by atoms with van der Waals surface area (Å²) < 4.78 is 0. The number of para-hydroxylation sites is 1. The summed E-state index contributed by atoms with van der Waals surface area (Å²) in [6.07, 6.45) is 0.523. The van der Waals surface area contributed by atoms with Crippen molar-refractivity contribution in [3.05, 3.63) is 60.2 Å². The number of halogens is 1. The highest BCUT2D eigenvalue weighted by Crippen LogP contribution is 2.31. The summed E-state index contributed by atoms with van der Waals surface area (Å²) in [5, 5.41) is 1.00. The maximum absolute atomic E-state index is 12.8. The van der Waals surface area contributed by atoms with Gasteiger partial charge in [-0.25, -0.2) is 0 Å². The molecule has 1 N–H and O–H groups in total. The Morgan fingerprint density at radius 3 is 2.29 bits per heavy atom. The van der Waals surface area contributed by atoms with E-state index in [1.165, 1.54) is 0 Å². The first-order chi connectivity index (χ1) is 11.7. The molecule has 0 aliphatic carbocycles. The highest BCUT2D eigenvalue weighted by atomic mass is 127. The fraction of sp³-hybridized carbons (Fsp3) is 0.250. The number of alkyl halides is 1. The Hall–Kier alpha value is -1.66. The minimum atomic E-state index is 0.185. The molecule has 0 radical (unpaired) electrons. The van der Waals surface area contributed by atoms with Gasteiger partial charge in [0.05, 0.1) is 11.3 Å². The number of carbonyl (C=O) groups is 1. The Kier molecular flexibility index (Phi) is 6.99. The first kappa shape index (κ1) is 18.7. The number of hydrogen-bond donors (Lipinski definition) is 1. The van der Waals surface area contributed by atoms with Crippen LogP contribution >= 0.6 is 22.6 Å². The molecular weight excluding hydrogens is 411 g/mol. The van der Waals surface area contributed by atoms with Gasteiger partial charge >= 0.3 is 0 Å². The van der Waals surface area contributed by atoms with Crippen molar-refractivity contribution in [1.82, 2.24) is 9.88 Å². The number of aromatic nitrogens is 1. The second-order valence-electron chi connectivity index (χ2n) is 5.76. The van der Waals surface area contributed by atoms with Crippen molar-refractivity contribution in [3.8, 4) is 11.3 Å². The number of nitrogens with zero attached hydrogens (tertiary/aromatic N) is 1. The lowest BCUT2D eigenvalue weighted by Gasteiger charge is -2.09. The van der Waals surface area contributed by atoms with Crippen molar-refractivity contribution in [1.29, 1.82) is 0 Å². The molecule has 0 unspecified atom stereocenters. The van der Waals surface area contributed by atoms with Gasteiger partial charge in [0.2, 0.25) is 0 Å². The van der Waals surface area contributed by atoms with E-state index in [0.29, 0.717) is 6.42 Å². The third kappa shape index (κ3) is 4.24. The Morgan fingerprint density at radius 1 is 1.00 bits per heavy atom. The van der Waals surface area contributed by atoms with Crippen molar-refractivity contribution >= 4 is 39.3 Å². The van der Waals surface area contributed by atoms with Crippen LogP contribution in [-0.2, 0) is 0 Å². The van der Waals surface area contributed by atoms with Gasteiger partial charge in [-0.3, -0.25) is 4.79 Å². The lowest BCUT2D eigenvalue weighted by molar-refractivity contribution is 0.0975. The zero-order valence-corrected chi connectivity index (χ0v) is 16.5. The van der Waals surface area contributed by atoms with Gasteiger partial charge in [0.1, 0.15) is 0 Å². The van der Waals surface area contributed by atoms with Gasteiger partial charge < -0.3 is 9.88 Å². The number of aromatic amines is 1. The van der Waals surface area contributed by atoms with Crippen LogP contribution in [-0.4, -0.2) is 41.2 Å². The summed E-state index contributed by atoms with van der Waals surface area (Å²) >= 11 is 2.15. The third-order valence-electron chi connectivity index (χ3n) is 3.83. The van der Waals surface area contributed by atoms with Gasteiger partial charge in [-0.1, -0.05) is 71.1 Å². The predicted molar refractivity (Wildman–Crippen MR) is 111 cm³/mol. The molecule has 1 aromatic heterocycles. The minimum Gasteiger partial charge on any atom is -0.354 e. The number of fused-ring (bicyclic) bond motifs is 1. The standard InChI is InChI=1S/C19H20N2O.CH3I/c1-21(2)13-12-17(22)18-15-10-6-7-11-16(15)20-19(18)14-8-4-3-5-9-14;1-2/h3-11,20H,12-13H2,1-2H3;1H3. The number of rotatable bonds is 5. The van der Waals surface area contributed by atoms with Crippen molar-refractivity contribution < 1.29 is 4.79 Å². The van der Waals surface area contributed by atoms with Crippen LogP contribution in [0, 0.1) is 0 Å². The minimum absolute atomic E-state index is 0.185. The molecule has 3 rings (SSSR count). The van der Waals surface area contributed by atoms with E-state index in [9.17, 15) is 4.79 Å². The van der Waals surface area contributed by atoms with Gasteiger partial charge in [0, 0.05) is 23.9 Å². The molecule has 4 heteroatoms. The van der Waals surface area contributed by atoms with Crippen LogP contribution in [0.5, 0.6) is 0 Å². The molecule has 2 aromatic carbocycles. The molecule has 24 heavy (non-hydrogen) atoms. The van der Waals surface area contributed by atoms with E-state index in [-0.39, 0.29) is 5.78 Å². The number of nitrogens with one attached hydrogen (secondary N) is 1. The average molecular weight is 434 g/mol. The van der Waals surface area contributed by atoms with Gasteiger partial charge in [0.25, 0.3) is 0 Å². The summed E-state index contributed by atoms with van der Waals surface area (Å²) in [4.78, 5) is 20.2. The monoisotopic (exact) mass is 434 g/mol. The van der Waals surface area contributed by atoms with Crippen molar-refractivity contribution in [2.24, 2.45) is 0 Å². The lowest BCUT2D eigenvalue weighted by Crippen LogP contribution is -2.16. The molecule has 0 spiro atoms. The number of carbonyl (C=O) groups excluding carboxylic acids is 1. The van der Waals surface area contributed by atoms with E-state index in [0.717, 1.165) is 34.3 Å². The zero-order valence-electron chi connectivity index (χ0n) is 14.3. The van der Waals surface area contributed by atoms with Gasteiger partial charge in [-0.2, -0.15) is 0 Å². The summed E-state index contributed by atoms with van der Waals surface area (Å²) in [6.45, 7) is 0.757. The quantitative estimate of drug-likeness (QED) is 0.348. The molecule has 0 atom stereocenters. The van der Waals surface area contributed by atoms with Crippen LogP contribution in [0.1, 0.15) is 16.8 Å². The summed E-state index contributed by atoms with van der Waals surface area (Å²) in [5.74, 6) is 0.185. The topological polar surface area (TPSA) is 36.1 Å². The molecule has 0 bridgehead atoms. The number of benzene rings is 2. The fourth-order valence-electron chi connectivity index (χ4n) is 2.70. The van der Waals surface area contributed by atoms with Crippen LogP contribution in [0.4, 0.5) is 0 Å². The number of H-pyrrole nitrogens is 1. The van der Waals surface area contributed by atoms with Crippen LogP contribution < -0.4 is 0 Å². The Labute approximate surface area is 157 Å². The number of ketones is 1. The van der Waals surface area contributed by atoms with Crippen molar-refractivity contribution in [2.45, 2.75) is 6.42 Å². The molecule has 126 valence electrons. The smallest absolute Gasteiger partial charge is 0.166 e. The molecule has 0 aliphatic heterocycles. The Bertz CT molecular complexity index is 794. The van der Waals surface area contributed by atoms with Gasteiger partial charge in [-0.15, -0.1) is 0 Å². The average Bonchev–Trinajstić information content (AvgIpc) is 3.02. The predicted octanol–water partition coefficient (Wildman–Crippen LogP) is 5.02. The van der Waals surface area contributed by atoms with E-state index in [2.05, 4.69) is 27.6 Å². The zero-order chi connectivity index (χ0) is 17.5. The van der Waals surface area contributed by atoms with E-state index >= 15 is 0 Å². The lowest BCUT2D eigenvalue weighted by atomic mass is 10.00. The molecule has 0 saturated carbocycles. The van der Waals surface area contributed by atoms with Crippen LogP contribution in [0.15, 0.2) is 54.6 Å². The molecule has 0 amide bonds. The highest BCUT2D eigenvalue weighted by molar-refractivity contribution is 14.1. The normalized spacial score (nSPS) is 10.5. The SMILES string of the molecule is CI.CN(C)CCC(=O)c1c(-c2ccccc2)[nH]c2ccccc12. The number of Topliss-reactive ketones (excluding diaryl/α,β-unsaturated/α-hetero) is 1. The fourth-order valence-corrected chi connectivity index (χ4v) is 2.70. The van der Waals surface area contributed by atoms with E-state index < -0.39 is 0 Å². The van der Waals surface area contributed by atoms with E-state index in [1.807, 2.05) is 78.5 Å². The van der Waals surface area contributed by atoms with Crippen molar-refractivity contribution in [3.63, 3.8) is 0 Å². The molecule has 3 nitrogen and oxygen atoms in total. The third-order valence-corrected chi connectivity index (χ3v) is 3.83. The number of hydrogen-bond acceptors (Lipinski definition) is 2. The van der Waals surface area contributed by atoms with Crippen LogP contribution in [0.2, 0.25) is 0 Å². The Morgan fingerprint density at radius 2 is 1.62 bits per heavy atom. The summed E-state index contributed by atoms with van der Waals surface area (Å²) in [5.41, 5.74) is 3.79. The molecule has 0 aliphatic rings.